The van der Waals surface area contributed by atoms with Crippen molar-refractivity contribution in [3.8, 4) is 11.1 Å². The molecule has 1 aromatic heterocycles. The smallest absolute Gasteiger partial charge is 0.0283 e. The molecule has 1 nitrogen and oxygen atoms in total. The van der Waals surface area contributed by atoms with Gasteiger partial charge < -0.3 is 0 Å². The Bertz CT molecular complexity index is 394. The van der Waals surface area contributed by atoms with Gasteiger partial charge in [-0.2, -0.15) is 0 Å². The molecule has 14 heavy (non-hydrogen) atoms. The second-order valence-corrected chi connectivity index (χ2v) is 3.63. The Morgan fingerprint density at radius 3 is 2.00 bits per heavy atom. The summed E-state index contributed by atoms with van der Waals surface area (Å²) in [7, 11) is 0. The predicted octanol–water partition coefficient (Wildman–Crippen LogP) is 3.64. The van der Waals surface area contributed by atoms with Crippen LogP contribution in [0.2, 0.25) is 0 Å². The molecular formula is C12H10BrN. The molecule has 2 rings (SSSR count). The summed E-state index contributed by atoms with van der Waals surface area (Å²) in [6, 6.07) is 12.6. The van der Waals surface area contributed by atoms with Gasteiger partial charge in [-0.25, -0.2) is 0 Å². The van der Waals surface area contributed by atoms with Crippen LogP contribution < -0.4 is 0 Å². The molecule has 0 aliphatic rings. The molecule has 0 saturated carbocycles. The van der Waals surface area contributed by atoms with Crippen LogP contribution in [0.3, 0.4) is 0 Å². The van der Waals surface area contributed by atoms with Crippen molar-refractivity contribution in [3.63, 3.8) is 0 Å². The van der Waals surface area contributed by atoms with Crippen LogP contribution in [0, 0.1) is 0 Å². The van der Waals surface area contributed by atoms with Gasteiger partial charge in [-0.05, 0) is 28.8 Å². The van der Waals surface area contributed by atoms with Crippen LogP contribution in [0.25, 0.3) is 11.1 Å². The van der Waals surface area contributed by atoms with Crippen molar-refractivity contribution in [3.05, 3.63) is 54.4 Å². The van der Waals surface area contributed by atoms with Gasteiger partial charge in [-0.1, -0.05) is 40.2 Å². The van der Waals surface area contributed by atoms with E-state index in [-0.39, 0.29) is 0 Å². The van der Waals surface area contributed by atoms with E-state index in [1.807, 2.05) is 24.5 Å². The van der Waals surface area contributed by atoms with Gasteiger partial charge in [0.2, 0.25) is 0 Å². The fourth-order valence-electron chi connectivity index (χ4n) is 1.33. The number of aromatic nitrogens is 1. The molecule has 0 aliphatic heterocycles. The van der Waals surface area contributed by atoms with Gasteiger partial charge in [0.25, 0.3) is 0 Å². The van der Waals surface area contributed by atoms with Crippen LogP contribution in [0.15, 0.2) is 48.8 Å². The zero-order valence-corrected chi connectivity index (χ0v) is 9.24. The van der Waals surface area contributed by atoms with Crippen LogP contribution in [-0.2, 0) is 5.33 Å². The molecule has 0 bridgehead atoms. The van der Waals surface area contributed by atoms with E-state index in [0.29, 0.717) is 0 Å². The maximum Gasteiger partial charge on any atom is 0.0283 e. The molecule has 0 unspecified atom stereocenters. The standard InChI is InChI=1S/C12H10BrN/c13-9-10-1-3-11(4-2-10)12-5-7-14-8-6-12/h1-8H,9H2. The van der Waals surface area contributed by atoms with E-state index in [0.717, 1.165) is 5.33 Å². The Labute approximate surface area is 91.9 Å². The third-order valence-corrected chi connectivity index (χ3v) is 2.77. The highest BCUT2D eigenvalue weighted by atomic mass is 79.9. The third kappa shape index (κ3) is 2.02. The van der Waals surface area contributed by atoms with Crippen LogP contribution in [0.4, 0.5) is 0 Å². The minimum absolute atomic E-state index is 0.906. The number of rotatable bonds is 2. The monoisotopic (exact) mass is 247 g/mol. The van der Waals surface area contributed by atoms with Gasteiger partial charge in [0, 0.05) is 17.7 Å². The van der Waals surface area contributed by atoms with E-state index in [2.05, 4.69) is 45.2 Å². The summed E-state index contributed by atoms with van der Waals surface area (Å²) < 4.78 is 0. The van der Waals surface area contributed by atoms with Crippen LogP contribution >= 0.6 is 15.9 Å². The second kappa shape index (κ2) is 4.38. The van der Waals surface area contributed by atoms with Crippen molar-refractivity contribution in [1.82, 2.24) is 4.98 Å². The van der Waals surface area contributed by atoms with Crippen molar-refractivity contribution in [2.75, 3.05) is 0 Å². The first-order chi connectivity index (χ1) is 6.90. The molecular weight excluding hydrogens is 238 g/mol. The Morgan fingerprint density at radius 1 is 0.857 bits per heavy atom. The highest BCUT2D eigenvalue weighted by molar-refractivity contribution is 9.08. The Balaban J connectivity index is 2.34. The number of alkyl halides is 1. The summed E-state index contributed by atoms with van der Waals surface area (Å²) in [5, 5.41) is 0.906. The quantitative estimate of drug-likeness (QED) is 0.739. The molecule has 0 saturated heterocycles. The summed E-state index contributed by atoms with van der Waals surface area (Å²) >= 11 is 3.43. The van der Waals surface area contributed by atoms with Gasteiger partial charge in [0.1, 0.15) is 0 Å². The summed E-state index contributed by atoms with van der Waals surface area (Å²) in [5.41, 5.74) is 3.74. The first kappa shape index (κ1) is 9.41. The minimum atomic E-state index is 0.906. The van der Waals surface area contributed by atoms with Gasteiger partial charge >= 0.3 is 0 Å². The average Bonchev–Trinajstić information content (AvgIpc) is 2.30. The maximum atomic E-state index is 4.00. The zero-order chi connectivity index (χ0) is 9.80. The number of hydrogen-bond donors (Lipinski definition) is 0. The van der Waals surface area contributed by atoms with E-state index < -0.39 is 0 Å². The molecule has 1 heterocycles. The molecule has 2 aromatic rings. The van der Waals surface area contributed by atoms with E-state index >= 15 is 0 Å². The van der Waals surface area contributed by atoms with Gasteiger partial charge in [-0.3, -0.25) is 4.98 Å². The van der Waals surface area contributed by atoms with Crippen LogP contribution in [-0.4, -0.2) is 4.98 Å². The maximum absolute atomic E-state index is 4.00. The highest BCUT2D eigenvalue weighted by Gasteiger charge is 1.95. The lowest BCUT2D eigenvalue weighted by atomic mass is 10.1. The highest BCUT2D eigenvalue weighted by Crippen LogP contribution is 2.19. The number of nitrogens with zero attached hydrogens (tertiary/aromatic N) is 1. The lowest BCUT2D eigenvalue weighted by Gasteiger charge is -2.01. The van der Waals surface area contributed by atoms with Crippen LogP contribution in [0.5, 0.6) is 0 Å². The predicted molar refractivity (Wildman–Crippen MR) is 62.3 cm³/mol. The molecule has 2 heteroatoms. The molecule has 0 atom stereocenters. The third-order valence-electron chi connectivity index (χ3n) is 2.12. The molecule has 0 aliphatic carbocycles. The zero-order valence-electron chi connectivity index (χ0n) is 7.65. The lowest BCUT2D eigenvalue weighted by molar-refractivity contribution is 1.33. The molecule has 0 radical (unpaired) electrons. The van der Waals surface area contributed by atoms with E-state index in [1.54, 1.807) is 0 Å². The summed E-state index contributed by atoms with van der Waals surface area (Å²) in [4.78, 5) is 4.00. The Hall–Kier alpha value is -1.15. The SMILES string of the molecule is BrCc1ccc(-c2ccncc2)cc1. The fourth-order valence-corrected chi connectivity index (χ4v) is 1.70. The molecule has 70 valence electrons. The number of hydrogen-bond acceptors (Lipinski definition) is 1. The molecule has 0 fully saturated rings. The van der Waals surface area contributed by atoms with Crippen molar-refractivity contribution in [1.29, 1.82) is 0 Å². The normalized spacial score (nSPS) is 10.1. The minimum Gasteiger partial charge on any atom is -0.265 e. The number of pyridine rings is 1. The Morgan fingerprint density at radius 2 is 1.43 bits per heavy atom. The Kier molecular flexibility index (Phi) is 2.94. The van der Waals surface area contributed by atoms with Gasteiger partial charge in [0.15, 0.2) is 0 Å². The summed E-state index contributed by atoms with van der Waals surface area (Å²) in [6.45, 7) is 0. The van der Waals surface area contributed by atoms with Crippen molar-refractivity contribution in [2.24, 2.45) is 0 Å². The molecule has 0 spiro atoms. The van der Waals surface area contributed by atoms with Gasteiger partial charge in [-0.15, -0.1) is 0 Å². The largest absolute Gasteiger partial charge is 0.265 e. The molecule has 0 amide bonds. The first-order valence-electron chi connectivity index (χ1n) is 4.45. The number of benzene rings is 1. The van der Waals surface area contributed by atoms with Crippen LogP contribution in [0.1, 0.15) is 5.56 Å². The lowest BCUT2D eigenvalue weighted by Crippen LogP contribution is -1.80. The average molecular weight is 248 g/mol. The fraction of sp³-hybridized carbons (Fsp3) is 0.0833. The van der Waals surface area contributed by atoms with Crippen molar-refractivity contribution >= 4 is 15.9 Å². The van der Waals surface area contributed by atoms with E-state index in [9.17, 15) is 0 Å². The van der Waals surface area contributed by atoms with E-state index in [4.69, 9.17) is 0 Å². The van der Waals surface area contributed by atoms with Crippen molar-refractivity contribution < 1.29 is 0 Å². The van der Waals surface area contributed by atoms with E-state index in [1.165, 1.54) is 16.7 Å². The molecule has 0 N–H and O–H groups in total. The first-order valence-corrected chi connectivity index (χ1v) is 5.57. The van der Waals surface area contributed by atoms with Gasteiger partial charge in [0.05, 0.1) is 0 Å². The number of halogens is 1. The summed E-state index contributed by atoms with van der Waals surface area (Å²) in [6.07, 6.45) is 3.63. The second-order valence-electron chi connectivity index (χ2n) is 3.07. The molecule has 1 aromatic carbocycles. The van der Waals surface area contributed by atoms with Crippen molar-refractivity contribution in [2.45, 2.75) is 5.33 Å². The summed E-state index contributed by atoms with van der Waals surface area (Å²) in [5.74, 6) is 0. The topological polar surface area (TPSA) is 12.9 Å².